The maximum absolute atomic E-state index is 11.8. The number of hydrogen-bond acceptors (Lipinski definition) is 8. The molecule has 2 aromatic rings. The van der Waals surface area contributed by atoms with Crippen LogP contribution < -0.4 is 10.2 Å². The van der Waals surface area contributed by atoms with Gasteiger partial charge in [0.05, 0.1) is 44.6 Å². The number of benzene rings is 1. The molecule has 1 aliphatic carbocycles. The molecule has 3 aliphatic rings. The summed E-state index contributed by atoms with van der Waals surface area (Å²) in [4.78, 5) is 23.8. The van der Waals surface area contributed by atoms with Crippen LogP contribution in [0.25, 0.3) is 0 Å². The molecule has 200 valence electrons. The van der Waals surface area contributed by atoms with Crippen molar-refractivity contribution in [3.05, 3.63) is 45.6 Å². The predicted molar refractivity (Wildman–Crippen MR) is 143 cm³/mol. The highest BCUT2D eigenvalue weighted by Crippen LogP contribution is 2.51. The molecule has 1 unspecified atom stereocenters. The molecule has 37 heavy (non-hydrogen) atoms. The summed E-state index contributed by atoms with van der Waals surface area (Å²) in [6.45, 7) is 9.85. The van der Waals surface area contributed by atoms with E-state index in [0.717, 1.165) is 61.7 Å². The zero-order valence-electron chi connectivity index (χ0n) is 22.9. The molecule has 1 saturated heterocycles. The third kappa shape index (κ3) is 5.46. The first kappa shape index (κ1) is 25.9. The van der Waals surface area contributed by atoms with Crippen LogP contribution in [0, 0.1) is 32.1 Å². The molecule has 0 amide bonds. The number of anilines is 2. The molecule has 1 spiro atoms. The van der Waals surface area contributed by atoms with E-state index in [-0.39, 0.29) is 23.4 Å². The summed E-state index contributed by atoms with van der Waals surface area (Å²) in [6.07, 6.45) is 4.74. The predicted octanol–water partition coefficient (Wildman–Crippen LogP) is 4.27. The first-order valence-corrected chi connectivity index (χ1v) is 13.5. The lowest BCUT2D eigenvalue weighted by atomic mass is 9.59. The Kier molecular flexibility index (Phi) is 7.41. The second-order valence-corrected chi connectivity index (χ2v) is 11.3. The number of nitrogens with one attached hydrogen (secondary N) is 1. The second-order valence-electron chi connectivity index (χ2n) is 11.3. The number of fused-ring (bicyclic) bond motifs is 1. The van der Waals surface area contributed by atoms with E-state index in [1.54, 1.807) is 0 Å². The lowest BCUT2D eigenvalue weighted by Crippen LogP contribution is -2.49. The van der Waals surface area contributed by atoms with E-state index >= 15 is 0 Å². The minimum absolute atomic E-state index is 0.0406. The number of aromatic nitrogens is 2. The SMILES string of the molecule is COC(=O)C1CC2(CCC(CNc3nc(N(C)Cc4cc(C)c(C)cc4C)nc4c3COCC4)OC2)C1. The Balaban J connectivity index is 1.24. The molecular weight excluding hydrogens is 468 g/mol. The summed E-state index contributed by atoms with van der Waals surface area (Å²) in [7, 11) is 3.53. The third-order valence-corrected chi connectivity index (χ3v) is 8.52. The van der Waals surface area contributed by atoms with Gasteiger partial charge in [-0.05, 0) is 74.1 Å². The molecule has 8 heteroatoms. The molecule has 0 radical (unpaired) electrons. The number of hydrogen-bond donors (Lipinski definition) is 1. The highest BCUT2D eigenvalue weighted by Gasteiger charge is 2.49. The van der Waals surface area contributed by atoms with E-state index in [9.17, 15) is 4.79 Å². The molecule has 5 rings (SSSR count). The van der Waals surface area contributed by atoms with Gasteiger partial charge in [0.15, 0.2) is 0 Å². The van der Waals surface area contributed by atoms with Gasteiger partial charge in [-0.15, -0.1) is 0 Å². The molecule has 3 heterocycles. The number of ether oxygens (including phenoxy) is 3. The van der Waals surface area contributed by atoms with Crippen molar-refractivity contribution in [1.29, 1.82) is 0 Å². The number of esters is 1. The van der Waals surface area contributed by atoms with Crippen molar-refractivity contribution in [1.82, 2.24) is 9.97 Å². The van der Waals surface area contributed by atoms with Crippen molar-refractivity contribution < 1.29 is 19.0 Å². The normalized spacial score (nSPS) is 24.8. The fourth-order valence-corrected chi connectivity index (χ4v) is 5.98. The van der Waals surface area contributed by atoms with Gasteiger partial charge in [0.1, 0.15) is 5.82 Å². The molecule has 8 nitrogen and oxygen atoms in total. The largest absolute Gasteiger partial charge is 0.469 e. The fraction of sp³-hybridized carbons (Fsp3) is 0.621. The number of methoxy groups -OCH3 is 1. The van der Waals surface area contributed by atoms with Crippen LogP contribution in [0.15, 0.2) is 12.1 Å². The van der Waals surface area contributed by atoms with Gasteiger partial charge in [0, 0.05) is 32.1 Å². The summed E-state index contributed by atoms with van der Waals surface area (Å²) in [6, 6.07) is 4.53. The van der Waals surface area contributed by atoms with Gasteiger partial charge in [-0.2, -0.15) is 4.98 Å². The summed E-state index contributed by atoms with van der Waals surface area (Å²) < 4.78 is 16.9. The van der Waals surface area contributed by atoms with Gasteiger partial charge in [-0.3, -0.25) is 4.79 Å². The number of nitrogens with zero attached hydrogens (tertiary/aromatic N) is 3. The van der Waals surface area contributed by atoms with Gasteiger partial charge in [-0.25, -0.2) is 4.98 Å². The molecule has 1 aromatic carbocycles. The summed E-state index contributed by atoms with van der Waals surface area (Å²) >= 11 is 0. The molecule has 2 aliphatic heterocycles. The van der Waals surface area contributed by atoms with Gasteiger partial charge in [-0.1, -0.05) is 12.1 Å². The molecule has 1 atom stereocenters. The average molecular weight is 509 g/mol. The van der Waals surface area contributed by atoms with Gasteiger partial charge < -0.3 is 24.4 Å². The van der Waals surface area contributed by atoms with Crippen molar-refractivity contribution in [3.8, 4) is 0 Å². The first-order chi connectivity index (χ1) is 17.8. The maximum atomic E-state index is 11.8. The Hall–Kier alpha value is -2.71. The molecule has 1 N–H and O–H groups in total. The first-order valence-electron chi connectivity index (χ1n) is 13.5. The van der Waals surface area contributed by atoms with Crippen LogP contribution in [0.3, 0.4) is 0 Å². The minimum atomic E-state index is -0.0846. The van der Waals surface area contributed by atoms with Gasteiger partial charge in [0.25, 0.3) is 0 Å². The van der Waals surface area contributed by atoms with Gasteiger partial charge in [0.2, 0.25) is 5.95 Å². The Labute approximate surface area is 220 Å². The second kappa shape index (κ2) is 10.6. The maximum Gasteiger partial charge on any atom is 0.308 e. The zero-order valence-corrected chi connectivity index (χ0v) is 22.9. The highest BCUT2D eigenvalue weighted by molar-refractivity contribution is 5.73. The van der Waals surface area contributed by atoms with Crippen LogP contribution in [-0.2, 0) is 38.6 Å². The van der Waals surface area contributed by atoms with Gasteiger partial charge >= 0.3 is 5.97 Å². The Morgan fingerprint density at radius 1 is 1.19 bits per heavy atom. The van der Waals surface area contributed by atoms with Crippen molar-refractivity contribution in [2.24, 2.45) is 11.3 Å². The van der Waals surface area contributed by atoms with Crippen LogP contribution in [0.1, 0.15) is 59.2 Å². The minimum Gasteiger partial charge on any atom is -0.469 e. The highest BCUT2D eigenvalue weighted by atomic mass is 16.5. The lowest BCUT2D eigenvalue weighted by Gasteiger charge is -2.50. The van der Waals surface area contributed by atoms with E-state index in [4.69, 9.17) is 24.2 Å². The van der Waals surface area contributed by atoms with Crippen LogP contribution in [0.5, 0.6) is 0 Å². The number of carbonyl (C=O) groups excluding carboxylic acids is 1. The average Bonchev–Trinajstić information content (AvgIpc) is 2.88. The quantitative estimate of drug-likeness (QED) is 0.555. The van der Waals surface area contributed by atoms with Crippen molar-refractivity contribution in [2.75, 3.05) is 44.1 Å². The van der Waals surface area contributed by atoms with E-state index in [0.29, 0.717) is 26.4 Å². The lowest BCUT2D eigenvalue weighted by molar-refractivity contribution is -0.164. The summed E-state index contributed by atoms with van der Waals surface area (Å²) in [5.41, 5.74) is 7.47. The molecule has 1 aromatic heterocycles. The van der Waals surface area contributed by atoms with Crippen LogP contribution in [0.2, 0.25) is 0 Å². The smallest absolute Gasteiger partial charge is 0.308 e. The Morgan fingerprint density at radius 2 is 1.97 bits per heavy atom. The van der Waals surface area contributed by atoms with E-state index in [1.807, 2.05) is 0 Å². The third-order valence-electron chi connectivity index (χ3n) is 8.52. The molecule has 0 bridgehead atoms. The Morgan fingerprint density at radius 3 is 2.70 bits per heavy atom. The zero-order chi connectivity index (χ0) is 26.2. The van der Waals surface area contributed by atoms with E-state index in [1.165, 1.54) is 29.4 Å². The monoisotopic (exact) mass is 508 g/mol. The van der Waals surface area contributed by atoms with Crippen LogP contribution in [0.4, 0.5) is 11.8 Å². The van der Waals surface area contributed by atoms with Crippen molar-refractivity contribution in [3.63, 3.8) is 0 Å². The molecular formula is C29H40N4O4. The topological polar surface area (TPSA) is 85.8 Å². The molecule has 2 fully saturated rings. The van der Waals surface area contributed by atoms with Crippen LogP contribution in [-0.4, -0.2) is 56.0 Å². The number of carbonyl (C=O) groups is 1. The fourth-order valence-electron chi connectivity index (χ4n) is 5.98. The van der Waals surface area contributed by atoms with E-state index in [2.05, 4.69) is 50.2 Å². The Bertz CT molecular complexity index is 1150. The van der Waals surface area contributed by atoms with E-state index < -0.39 is 0 Å². The van der Waals surface area contributed by atoms with Crippen LogP contribution >= 0.6 is 0 Å². The summed E-state index contributed by atoms with van der Waals surface area (Å²) in [5.74, 6) is 1.53. The summed E-state index contributed by atoms with van der Waals surface area (Å²) in [5, 5.41) is 3.57. The standard InChI is InChI=1S/C29H40N4O4/c1-18-10-20(3)21(11-19(18)2)15-33(4)28-31-25-7-9-36-16-24(25)26(32-28)30-14-23-6-8-29(17-37-23)12-22(13-29)27(34)35-5/h10-11,22-23H,6-9,12-17H2,1-5H3,(H,30,31,32). The number of rotatable bonds is 7. The molecule has 1 saturated carbocycles. The van der Waals surface area contributed by atoms with Crippen molar-refractivity contribution >= 4 is 17.7 Å². The number of aryl methyl sites for hydroxylation is 3. The van der Waals surface area contributed by atoms with Crippen molar-refractivity contribution in [2.45, 2.75) is 72.1 Å².